The first-order valence-corrected chi connectivity index (χ1v) is 4.66. The zero-order chi connectivity index (χ0) is 9.97. The summed E-state index contributed by atoms with van der Waals surface area (Å²) >= 11 is 0. The number of rotatable bonds is 0. The van der Waals surface area contributed by atoms with Gasteiger partial charge in [0.25, 0.3) is 0 Å². The summed E-state index contributed by atoms with van der Waals surface area (Å²) in [4.78, 5) is 11.6. The molecule has 1 aliphatic rings. The number of hydrogen-bond acceptors (Lipinski definition) is 2. The predicted molar refractivity (Wildman–Crippen MR) is 56.4 cm³/mol. The molecule has 0 spiro atoms. The van der Waals surface area contributed by atoms with E-state index in [-0.39, 0.29) is 5.78 Å². The van der Waals surface area contributed by atoms with Gasteiger partial charge in [-0.2, -0.15) is 0 Å². The molecule has 2 nitrogen and oxygen atoms in total. The molecule has 1 aromatic carbocycles. The molecule has 2 heteroatoms. The minimum absolute atomic E-state index is 0.207. The lowest BCUT2D eigenvalue weighted by atomic mass is 9.98. The van der Waals surface area contributed by atoms with Gasteiger partial charge >= 0.3 is 0 Å². The molecule has 0 fully saturated rings. The highest BCUT2D eigenvalue weighted by Gasteiger charge is 2.17. The highest BCUT2D eigenvalue weighted by atomic mass is 16.1. The summed E-state index contributed by atoms with van der Waals surface area (Å²) in [5.74, 6) is 6.05. The van der Waals surface area contributed by atoms with E-state index in [9.17, 15) is 4.79 Å². The Balaban J connectivity index is 2.58. The molecule has 0 saturated carbocycles. The van der Waals surface area contributed by atoms with E-state index in [1.54, 1.807) is 6.92 Å². The molecule has 0 radical (unpaired) electrons. The van der Waals surface area contributed by atoms with Crippen molar-refractivity contribution < 1.29 is 4.79 Å². The van der Waals surface area contributed by atoms with E-state index >= 15 is 0 Å². The molecule has 0 unspecified atom stereocenters. The van der Waals surface area contributed by atoms with Crippen LogP contribution in [0.25, 0.3) is 0 Å². The van der Waals surface area contributed by atoms with Crippen LogP contribution in [0, 0.1) is 11.8 Å². The van der Waals surface area contributed by atoms with E-state index in [1.165, 1.54) is 0 Å². The maximum absolute atomic E-state index is 11.6. The number of fused-ring (bicyclic) bond motifs is 1. The normalized spacial score (nSPS) is 13.6. The fourth-order valence-corrected chi connectivity index (χ4v) is 1.65. The number of hydrogen-bond donors (Lipinski definition) is 1. The summed E-state index contributed by atoms with van der Waals surface area (Å²) in [7, 11) is 0. The Labute approximate surface area is 83.3 Å². The summed E-state index contributed by atoms with van der Waals surface area (Å²) in [6.07, 6.45) is 0.579. The van der Waals surface area contributed by atoms with Gasteiger partial charge in [-0.05, 0) is 19.1 Å². The van der Waals surface area contributed by atoms with Crippen molar-refractivity contribution in [1.29, 1.82) is 0 Å². The van der Waals surface area contributed by atoms with Crippen LogP contribution in [0.15, 0.2) is 18.2 Å². The van der Waals surface area contributed by atoms with Crippen LogP contribution < -0.4 is 5.32 Å². The standard InChI is InChI=1S/C12H11NO/c1-2-4-9-5-3-6-10-11(14)7-8-13-12(9)10/h3,5-6,13H,7-8H2,1H3. The van der Waals surface area contributed by atoms with Crippen molar-refractivity contribution >= 4 is 11.5 Å². The molecule has 0 amide bonds. The number of nitrogens with one attached hydrogen (secondary N) is 1. The number of anilines is 1. The molecule has 0 atom stereocenters. The highest BCUT2D eigenvalue weighted by molar-refractivity contribution is 6.04. The fourth-order valence-electron chi connectivity index (χ4n) is 1.65. The molecule has 2 rings (SSSR count). The fraction of sp³-hybridized carbons (Fsp3) is 0.250. The van der Waals surface area contributed by atoms with Crippen molar-refractivity contribution in [3.05, 3.63) is 29.3 Å². The van der Waals surface area contributed by atoms with Crippen LogP contribution in [-0.4, -0.2) is 12.3 Å². The number of para-hydroxylation sites is 1. The molecule has 0 saturated heterocycles. The Hall–Kier alpha value is -1.75. The van der Waals surface area contributed by atoms with E-state index in [2.05, 4.69) is 17.2 Å². The van der Waals surface area contributed by atoms with Gasteiger partial charge in [-0.15, -0.1) is 5.92 Å². The Morgan fingerprint density at radius 2 is 2.29 bits per heavy atom. The monoisotopic (exact) mass is 185 g/mol. The maximum Gasteiger partial charge on any atom is 0.166 e. The van der Waals surface area contributed by atoms with Crippen molar-refractivity contribution in [1.82, 2.24) is 0 Å². The first-order valence-electron chi connectivity index (χ1n) is 4.66. The third-order valence-corrected chi connectivity index (χ3v) is 2.28. The average molecular weight is 185 g/mol. The minimum atomic E-state index is 0.207. The van der Waals surface area contributed by atoms with Gasteiger partial charge in [0.1, 0.15) is 0 Å². The topological polar surface area (TPSA) is 29.1 Å². The van der Waals surface area contributed by atoms with Gasteiger partial charge in [-0.25, -0.2) is 0 Å². The van der Waals surface area contributed by atoms with Crippen molar-refractivity contribution in [2.75, 3.05) is 11.9 Å². The molecule has 1 aromatic rings. The van der Waals surface area contributed by atoms with Crippen molar-refractivity contribution in [2.45, 2.75) is 13.3 Å². The van der Waals surface area contributed by atoms with Gasteiger partial charge in [-0.1, -0.05) is 12.0 Å². The SMILES string of the molecule is CC#Cc1cccc2c1NCCC2=O. The molecule has 1 aliphatic heterocycles. The van der Waals surface area contributed by atoms with Crippen molar-refractivity contribution in [3.63, 3.8) is 0 Å². The summed E-state index contributed by atoms with van der Waals surface area (Å²) in [6.45, 7) is 2.51. The quantitative estimate of drug-likeness (QED) is 0.627. The second-order valence-electron chi connectivity index (χ2n) is 3.20. The molecule has 70 valence electrons. The van der Waals surface area contributed by atoms with E-state index < -0.39 is 0 Å². The Morgan fingerprint density at radius 3 is 3.07 bits per heavy atom. The largest absolute Gasteiger partial charge is 0.383 e. The van der Waals surface area contributed by atoms with Crippen LogP contribution in [-0.2, 0) is 0 Å². The first-order chi connectivity index (χ1) is 6.83. The van der Waals surface area contributed by atoms with E-state index in [0.29, 0.717) is 13.0 Å². The van der Waals surface area contributed by atoms with Crippen LogP contribution >= 0.6 is 0 Å². The average Bonchev–Trinajstić information content (AvgIpc) is 2.20. The van der Waals surface area contributed by atoms with Crippen molar-refractivity contribution in [3.8, 4) is 11.8 Å². The Kier molecular flexibility index (Phi) is 2.24. The number of carbonyl (C=O) groups is 1. The van der Waals surface area contributed by atoms with E-state index in [0.717, 1.165) is 16.8 Å². The maximum atomic E-state index is 11.6. The lowest BCUT2D eigenvalue weighted by Gasteiger charge is -2.17. The second kappa shape index (κ2) is 3.55. The van der Waals surface area contributed by atoms with Crippen LogP contribution in [0.4, 0.5) is 5.69 Å². The van der Waals surface area contributed by atoms with E-state index in [1.807, 2.05) is 18.2 Å². The third-order valence-electron chi connectivity index (χ3n) is 2.28. The molecule has 14 heavy (non-hydrogen) atoms. The molecular formula is C12H11NO. The van der Waals surface area contributed by atoms with Gasteiger partial charge in [0, 0.05) is 24.1 Å². The molecule has 1 N–H and O–H groups in total. The van der Waals surface area contributed by atoms with E-state index in [4.69, 9.17) is 0 Å². The number of ketones is 1. The number of Topliss-reactive ketones (excluding diaryl/α,β-unsaturated/α-hetero) is 1. The number of carbonyl (C=O) groups excluding carboxylic acids is 1. The van der Waals surface area contributed by atoms with Gasteiger partial charge in [0.15, 0.2) is 5.78 Å². The van der Waals surface area contributed by atoms with Gasteiger partial charge in [0.2, 0.25) is 0 Å². The molecular weight excluding hydrogens is 174 g/mol. The van der Waals surface area contributed by atoms with Crippen LogP contribution in [0.1, 0.15) is 29.3 Å². The van der Waals surface area contributed by atoms with Crippen LogP contribution in [0.5, 0.6) is 0 Å². The summed E-state index contributed by atoms with van der Waals surface area (Å²) in [6, 6.07) is 5.66. The smallest absolute Gasteiger partial charge is 0.166 e. The Morgan fingerprint density at radius 1 is 1.43 bits per heavy atom. The molecule has 0 aromatic heterocycles. The molecule has 1 heterocycles. The third kappa shape index (κ3) is 1.38. The highest BCUT2D eigenvalue weighted by Crippen LogP contribution is 2.25. The van der Waals surface area contributed by atoms with Crippen molar-refractivity contribution in [2.24, 2.45) is 0 Å². The molecule has 0 aliphatic carbocycles. The Bertz CT molecular complexity index is 437. The van der Waals surface area contributed by atoms with Crippen LogP contribution in [0.3, 0.4) is 0 Å². The predicted octanol–water partition coefficient (Wildman–Crippen LogP) is 2.06. The van der Waals surface area contributed by atoms with Gasteiger partial charge in [-0.3, -0.25) is 4.79 Å². The summed E-state index contributed by atoms with van der Waals surface area (Å²) in [5, 5.41) is 3.22. The lowest BCUT2D eigenvalue weighted by Crippen LogP contribution is -2.18. The van der Waals surface area contributed by atoms with Crippen LogP contribution in [0.2, 0.25) is 0 Å². The zero-order valence-electron chi connectivity index (χ0n) is 8.05. The molecule has 0 bridgehead atoms. The lowest BCUT2D eigenvalue weighted by molar-refractivity contribution is 0.0983. The first kappa shape index (κ1) is 8.83. The second-order valence-corrected chi connectivity index (χ2v) is 3.20. The van der Waals surface area contributed by atoms with Gasteiger partial charge in [0.05, 0.1) is 5.69 Å². The summed E-state index contributed by atoms with van der Waals surface area (Å²) in [5.41, 5.74) is 2.59. The zero-order valence-corrected chi connectivity index (χ0v) is 8.05. The number of benzene rings is 1. The van der Waals surface area contributed by atoms with Gasteiger partial charge < -0.3 is 5.32 Å². The summed E-state index contributed by atoms with van der Waals surface area (Å²) < 4.78 is 0. The minimum Gasteiger partial charge on any atom is -0.383 e.